The Labute approximate surface area is 193 Å². The number of carbonyl (C=O) groups excluding carboxylic acids is 3. The van der Waals surface area contributed by atoms with E-state index in [0.717, 1.165) is 18.2 Å². The summed E-state index contributed by atoms with van der Waals surface area (Å²) in [7, 11) is 0. The molecule has 0 bridgehead atoms. The van der Waals surface area contributed by atoms with Gasteiger partial charge < -0.3 is 26.8 Å². The quantitative estimate of drug-likeness (QED) is 0.414. The van der Waals surface area contributed by atoms with E-state index in [1.807, 2.05) is 12.1 Å². The van der Waals surface area contributed by atoms with E-state index in [4.69, 9.17) is 5.73 Å². The van der Waals surface area contributed by atoms with Crippen molar-refractivity contribution in [1.82, 2.24) is 15.5 Å². The molecule has 34 heavy (non-hydrogen) atoms. The number of nitrogens with two attached hydrogens (primary N) is 1. The first kappa shape index (κ1) is 24.8. The second kappa shape index (κ2) is 10.4. The van der Waals surface area contributed by atoms with Gasteiger partial charge in [0, 0.05) is 25.7 Å². The number of rotatable bonds is 7. The highest BCUT2D eigenvalue weighted by atomic mass is 19.4. The van der Waals surface area contributed by atoms with Crippen molar-refractivity contribution in [3.63, 3.8) is 0 Å². The van der Waals surface area contributed by atoms with Crippen molar-refractivity contribution in [3.05, 3.63) is 59.2 Å². The van der Waals surface area contributed by atoms with Gasteiger partial charge >= 0.3 is 12.2 Å². The summed E-state index contributed by atoms with van der Waals surface area (Å²) in [5.41, 5.74) is 4.26. The number of hydrogen-bond acceptors (Lipinski definition) is 5. The van der Waals surface area contributed by atoms with Gasteiger partial charge in [-0.05, 0) is 42.3 Å². The number of phenolic OH excluding ortho intramolecular Hbond substituents is 1. The molecule has 182 valence electrons. The van der Waals surface area contributed by atoms with Gasteiger partial charge in [0.25, 0.3) is 5.91 Å². The molecule has 0 spiro atoms. The van der Waals surface area contributed by atoms with E-state index in [1.165, 1.54) is 0 Å². The molecule has 2 aromatic rings. The minimum Gasteiger partial charge on any atom is -0.508 e. The Morgan fingerprint density at radius 3 is 2.47 bits per heavy atom. The second-order valence-corrected chi connectivity index (χ2v) is 7.88. The van der Waals surface area contributed by atoms with Crippen molar-refractivity contribution < 1.29 is 32.7 Å². The normalized spacial score (nSPS) is 16.1. The topological polar surface area (TPSA) is 137 Å². The summed E-state index contributed by atoms with van der Waals surface area (Å²) in [5.74, 6) is -1.29. The van der Waals surface area contributed by atoms with Crippen LogP contribution in [0.1, 0.15) is 27.9 Å². The van der Waals surface area contributed by atoms with E-state index < -0.39 is 41.7 Å². The summed E-state index contributed by atoms with van der Waals surface area (Å²) in [6.45, 7) is 1.51. The Kier molecular flexibility index (Phi) is 7.61. The summed E-state index contributed by atoms with van der Waals surface area (Å²) < 4.78 is 39.1. The zero-order valence-electron chi connectivity index (χ0n) is 18.0. The van der Waals surface area contributed by atoms with Gasteiger partial charge in [-0.1, -0.05) is 12.1 Å². The van der Waals surface area contributed by atoms with E-state index in [0.29, 0.717) is 31.6 Å². The lowest BCUT2D eigenvalue weighted by atomic mass is 10.1. The zero-order chi connectivity index (χ0) is 24.9. The number of nitrogens with zero attached hydrogens (tertiary/aromatic N) is 1. The SMILES string of the molecule is NC(=O)Nc1ccc(C(F)(F)F)cc1C(=O)NCC(=O)N[C@@H]1CCN(Cc2ccc(O)cc2)C1. The zero-order valence-corrected chi connectivity index (χ0v) is 18.0. The van der Waals surface area contributed by atoms with Crippen molar-refractivity contribution >= 4 is 23.5 Å². The molecular weight excluding hydrogens is 455 g/mol. The summed E-state index contributed by atoms with van der Waals surface area (Å²) in [6.07, 6.45) is -4.01. The van der Waals surface area contributed by atoms with E-state index in [9.17, 15) is 32.7 Å². The van der Waals surface area contributed by atoms with E-state index in [1.54, 1.807) is 12.1 Å². The van der Waals surface area contributed by atoms with Gasteiger partial charge in [0.15, 0.2) is 0 Å². The molecule has 1 aliphatic rings. The number of primary amides is 1. The predicted molar refractivity (Wildman–Crippen MR) is 117 cm³/mol. The molecule has 2 aromatic carbocycles. The number of urea groups is 1. The Balaban J connectivity index is 1.54. The Morgan fingerprint density at radius 2 is 1.82 bits per heavy atom. The van der Waals surface area contributed by atoms with Crippen molar-refractivity contribution in [2.75, 3.05) is 25.0 Å². The minimum atomic E-state index is -4.70. The number of halogens is 3. The lowest BCUT2D eigenvalue weighted by Crippen LogP contribution is -2.43. The average Bonchev–Trinajstić information content (AvgIpc) is 3.19. The molecule has 1 aliphatic heterocycles. The van der Waals surface area contributed by atoms with Gasteiger partial charge in [0.2, 0.25) is 5.91 Å². The van der Waals surface area contributed by atoms with Crippen LogP contribution in [0.2, 0.25) is 0 Å². The summed E-state index contributed by atoms with van der Waals surface area (Å²) in [6, 6.07) is 7.83. The second-order valence-electron chi connectivity index (χ2n) is 7.88. The number of carbonyl (C=O) groups is 3. The molecule has 4 amide bonds. The number of amides is 4. The highest BCUT2D eigenvalue weighted by Gasteiger charge is 2.32. The van der Waals surface area contributed by atoms with Gasteiger partial charge in [-0.2, -0.15) is 13.2 Å². The molecule has 0 radical (unpaired) electrons. The van der Waals surface area contributed by atoms with Crippen LogP contribution in [0.3, 0.4) is 0 Å². The molecule has 0 saturated carbocycles. The minimum absolute atomic E-state index is 0.151. The van der Waals surface area contributed by atoms with Crippen LogP contribution in [0.5, 0.6) is 5.75 Å². The molecule has 9 nitrogen and oxygen atoms in total. The number of hydrogen-bond donors (Lipinski definition) is 5. The molecule has 1 atom stereocenters. The first-order chi connectivity index (χ1) is 16.0. The van der Waals surface area contributed by atoms with Crippen LogP contribution in [-0.2, 0) is 17.5 Å². The third kappa shape index (κ3) is 6.85. The van der Waals surface area contributed by atoms with Gasteiger partial charge in [0.1, 0.15) is 5.75 Å². The molecule has 6 N–H and O–H groups in total. The maximum Gasteiger partial charge on any atom is 0.416 e. The molecule has 0 aliphatic carbocycles. The molecule has 1 heterocycles. The van der Waals surface area contributed by atoms with Crippen molar-refractivity contribution in [2.24, 2.45) is 5.73 Å². The monoisotopic (exact) mass is 479 g/mol. The van der Waals surface area contributed by atoms with Gasteiger partial charge in [0.05, 0.1) is 23.4 Å². The Hall–Kier alpha value is -3.80. The summed E-state index contributed by atoms with van der Waals surface area (Å²) in [5, 5.41) is 16.5. The number of nitrogens with one attached hydrogen (secondary N) is 3. The number of likely N-dealkylation sites (tertiary alicyclic amines) is 1. The van der Waals surface area contributed by atoms with Crippen molar-refractivity contribution in [2.45, 2.75) is 25.2 Å². The fourth-order valence-electron chi connectivity index (χ4n) is 3.64. The number of aromatic hydroxyl groups is 1. The van der Waals surface area contributed by atoms with Crippen LogP contribution in [0.15, 0.2) is 42.5 Å². The van der Waals surface area contributed by atoms with Gasteiger partial charge in [-0.3, -0.25) is 14.5 Å². The van der Waals surface area contributed by atoms with E-state index >= 15 is 0 Å². The highest BCUT2D eigenvalue weighted by Crippen LogP contribution is 2.32. The number of benzene rings is 2. The molecule has 1 fully saturated rings. The first-order valence-electron chi connectivity index (χ1n) is 10.4. The fourth-order valence-corrected chi connectivity index (χ4v) is 3.64. The average molecular weight is 479 g/mol. The third-order valence-electron chi connectivity index (χ3n) is 5.24. The van der Waals surface area contributed by atoms with Gasteiger partial charge in [-0.15, -0.1) is 0 Å². The number of anilines is 1. The predicted octanol–water partition coefficient (Wildman–Crippen LogP) is 2.02. The molecule has 0 unspecified atom stereocenters. The van der Waals surface area contributed by atoms with Crippen molar-refractivity contribution in [1.29, 1.82) is 0 Å². The number of phenols is 1. The van der Waals surface area contributed by atoms with Crippen LogP contribution in [-0.4, -0.2) is 53.5 Å². The molecule has 1 saturated heterocycles. The van der Waals surface area contributed by atoms with E-state index in [2.05, 4.69) is 20.9 Å². The van der Waals surface area contributed by atoms with E-state index in [-0.39, 0.29) is 17.5 Å². The number of alkyl halides is 3. The smallest absolute Gasteiger partial charge is 0.416 e. The van der Waals surface area contributed by atoms with Crippen LogP contribution in [0.4, 0.5) is 23.7 Å². The first-order valence-corrected chi connectivity index (χ1v) is 10.4. The van der Waals surface area contributed by atoms with Crippen LogP contribution in [0, 0.1) is 0 Å². The molecule has 12 heteroatoms. The van der Waals surface area contributed by atoms with Crippen LogP contribution >= 0.6 is 0 Å². The Bertz CT molecular complexity index is 1060. The standard InChI is InChI=1S/C22H24F3N5O4/c23-22(24,25)14-3-6-18(29-21(26)34)17(9-14)20(33)27-10-19(32)28-15-7-8-30(12-15)11-13-1-4-16(31)5-2-13/h1-6,9,15,31H,7-8,10-12H2,(H,27,33)(H,28,32)(H3,26,29,34)/t15-/m1/s1. The van der Waals surface area contributed by atoms with Crippen LogP contribution in [0.25, 0.3) is 0 Å². The lowest BCUT2D eigenvalue weighted by molar-refractivity contribution is -0.137. The maximum absolute atomic E-state index is 13.0. The highest BCUT2D eigenvalue weighted by molar-refractivity contribution is 6.04. The van der Waals surface area contributed by atoms with Gasteiger partial charge in [-0.25, -0.2) is 4.79 Å². The Morgan fingerprint density at radius 1 is 1.12 bits per heavy atom. The summed E-state index contributed by atoms with van der Waals surface area (Å²) in [4.78, 5) is 38.0. The molecule has 3 rings (SSSR count). The lowest BCUT2D eigenvalue weighted by Gasteiger charge is -2.17. The molecule has 0 aromatic heterocycles. The summed E-state index contributed by atoms with van der Waals surface area (Å²) >= 11 is 0. The maximum atomic E-state index is 13.0. The fraction of sp³-hybridized carbons (Fsp3) is 0.318. The third-order valence-corrected chi connectivity index (χ3v) is 5.24. The van der Waals surface area contributed by atoms with Crippen LogP contribution < -0.4 is 21.7 Å². The largest absolute Gasteiger partial charge is 0.508 e. The molecular formula is C22H24F3N5O4. The van der Waals surface area contributed by atoms with Crippen molar-refractivity contribution in [3.8, 4) is 5.75 Å².